The summed E-state index contributed by atoms with van der Waals surface area (Å²) in [6.07, 6.45) is 4.46. The van der Waals surface area contributed by atoms with Gasteiger partial charge in [-0.1, -0.05) is 6.92 Å². The van der Waals surface area contributed by atoms with Gasteiger partial charge in [-0.15, -0.1) is 0 Å². The van der Waals surface area contributed by atoms with E-state index in [1.165, 1.54) is 16.7 Å². The number of piperidine rings is 1. The summed E-state index contributed by atoms with van der Waals surface area (Å²) in [6, 6.07) is 0. The topological polar surface area (TPSA) is 95.4 Å². The van der Waals surface area contributed by atoms with Crippen molar-refractivity contribution >= 4 is 16.0 Å². The molecule has 0 amide bonds. The molecule has 1 fully saturated rings. The first kappa shape index (κ1) is 16.1. The molecule has 21 heavy (non-hydrogen) atoms. The first-order chi connectivity index (χ1) is 9.85. The van der Waals surface area contributed by atoms with Crippen LogP contribution in [0.1, 0.15) is 33.1 Å². The summed E-state index contributed by atoms with van der Waals surface area (Å²) in [5.74, 6) is 0.428. The van der Waals surface area contributed by atoms with E-state index in [0.717, 1.165) is 13.0 Å². The standard InChI is InChI=1S/C13H22N4O3S/c1-3-6-14-12-15-9-11(10-16-12)21(19,20)17-7-4-13(2,18)5-8-17/h9-10,18H,3-8H2,1-2H3,(H,14,15,16). The highest BCUT2D eigenvalue weighted by Crippen LogP contribution is 2.25. The quantitative estimate of drug-likeness (QED) is 0.836. The van der Waals surface area contributed by atoms with Crippen molar-refractivity contribution in [3.8, 4) is 0 Å². The second-order valence-corrected chi connectivity index (χ2v) is 7.51. The molecule has 1 aromatic heterocycles. The maximum Gasteiger partial charge on any atom is 0.246 e. The summed E-state index contributed by atoms with van der Waals surface area (Å²) in [4.78, 5) is 8.15. The first-order valence-corrected chi connectivity index (χ1v) is 8.57. The summed E-state index contributed by atoms with van der Waals surface area (Å²) in [6.45, 7) is 5.12. The normalized spacial score (nSPS) is 19.4. The van der Waals surface area contributed by atoms with Crippen LogP contribution < -0.4 is 5.32 Å². The molecule has 2 heterocycles. The lowest BCUT2D eigenvalue weighted by Crippen LogP contribution is -2.45. The number of rotatable bonds is 5. The molecule has 0 aromatic carbocycles. The van der Waals surface area contributed by atoms with Gasteiger partial charge in [0, 0.05) is 19.6 Å². The molecule has 0 radical (unpaired) electrons. The van der Waals surface area contributed by atoms with Crippen molar-refractivity contribution < 1.29 is 13.5 Å². The van der Waals surface area contributed by atoms with Crippen LogP contribution in [-0.2, 0) is 10.0 Å². The second-order valence-electron chi connectivity index (χ2n) is 5.57. The second kappa shape index (κ2) is 6.25. The average Bonchev–Trinajstić information content (AvgIpc) is 2.45. The molecule has 0 aliphatic carbocycles. The Hall–Kier alpha value is -1.25. The molecule has 118 valence electrons. The van der Waals surface area contributed by atoms with Crippen LogP contribution in [0.5, 0.6) is 0 Å². The van der Waals surface area contributed by atoms with E-state index in [0.29, 0.717) is 31.9 Å². The highest BCUT2D eigenvalue weighted by molar-refractivity contribution is 7.89. The van der Waals surface area contributed by atoms with Crippen LogP contribution in [-0.4, -0.2) is 53.0 Å². The van der Waals surface area contributed by atoms with Gasteiger partial charge in [0.2, 0.25) is 16.0 Å². The highest BCUT2D eigenvalue weighted by Gasteiger charge is 2.34. The molecular formula is C13H22N4O3S. The maximum atomic E-state index is 12.5. The van der Waals surface area contributed by atoms with E-state index in [-0.39, 0.29) is 4.90 Å². The average molecular weight is 314 g/mol. The molecule has 0 bridgehead atoms. The Labute approximate surface area is 125 Å². The van der Waals surface area contributed by atoms with Gasteiger partial charge < -0.3 is 10.4 Å². The van der Waals surface area contributed by atoms with Crippen molar-refractivity contribution in [1.82, 2.24) is 14.3 Å². The minimum Gasteiger partial charge on any atom is -0.390 e. The van der Waals surface area contributed by atoms with Crippen molar-refractivity contribution in [1.29, 1.82) is 0 Å². The van der Waals surface area contributed by atoms with Gasteiger partial charge in [-0.05, 0) is 26.2 Å². The Morgan fingerprint density at radius 3 is 2.43 bits per heavy atom. The number of nitrogens with one attached hydrogen (secondary N) is 1. The predicted octanol–water partition coefficient (Wildman–Crippen LogP) is 0.834. The molecule has 1 aliphatic rings. The van der Waals surface area contributed by atoms with E-state index in [4.69, 9.17) is 0 Å². The zero-order valence-electron chi connectivity index (χ0n) is 12.4. The minimum absolute atomic E-state index is 0.0890. The van der Waals surface area contributed by atoms with Crippen LogP contribution in [0.2, 0.25) is 0 Å². The lowest BCUT2D eigenvalue weighted by atomic mass is 9.95. The summed E-state index contributed by atoms with van der Waals surface area (Å²) in [5.41, 5.74) is -0.781. The number of hydrogen-bond donors (Lipinski definition) is 2. The van der Waals surface area contributed by atoms with Gasteiger partial charge in [0.1, 0.15) is 4.90 Å². The third kappa shape index (κ3) is 3.90. The van der Waals surface area contributed by atoms with Gasteiger partial charge in [0.25, 0.3) is 0 Å². The number of aromatic nitrogens is 2. The van der Waals surface area contributed by atoms with Crippen LogP contribution in [0.15, 0.2) is 17.3 Å². The van der Waals surface area contributed by atoms with Crippen LogP contribution in [0.3, 0.4) is 0 Å². The maximum absolute atomic E-state index is 12.5. The molecule has 0 saturated carbocycles. The number of nitrogens with zero attached hydrogens (tertiary/aromatic N) is 3. The van der Waals surface area contributed by atoms with Gasteiger partial charge >= 0.3 is 0 Å². The van der Waals surface area contributed by atoms with Crippen LogP contribution >= 0.6 is 0 Å². The van der Waals surface area contributed by atoms with E-state index in [2.05, 4.69) is 15.3 Å². The van der Waals surface area contributed by atoms with Crippen molar-refractivity contribution in [3.63, 3.8) is 0 Å². The van der Waals surface area contributed by atoms with Crippen molar-refractivity contribution in [2.24, 2.45) is 0 Å². The molecule has 1 saturated heterocycles. The number of anilines is 1. The van der Waals surface area contributed by atoms with Gasteiger partial charge in [-0.3, -0.25) is 0 Å². The molecule has 7 nitrogen and oxygen atoms in total. The van der Waals surface area contributed by atoms with Crippen molar-refractivity contribution in [2.45, 2.75) is 43.6 Å². The Kier molecular flexibility index (Phi) is 4.80. The minimum atomic E-state index is -3.58. The third-order valence-corrected chi connectivity index (χ3v) is 5.45. The fraction of sp³-hybridized carbons (Fsp3) is 0.692. The summed E-state index contributed by atoms with van der Waals surface area (Å²) in [7, 11) is -3.58. The zero-order valence-corrected chi connectivity index (χ0v) is 13.2. The molecule has 0 spiro atoms. The molecule has 1 aliphatic heterocycles. The fourth-order valence-corrected chi connectivity index (χ4v) is 3.47. The summed E-state index contributed by atoms with van der Waals surface area (Å²) < 4.78 is 26.3. The number of hydrogen-bond acceptors (Lipinski definition) is 6. The lowest BCUT2D eigenvalue weighted by molar-refractivity contribution is 0.0126. The third-order valence-electron chi connectivity index (χ3n) is 3.60. The largest absolute Gasteiger partial charge is 0.390 e. The monoisotopic (exact) mass is 314 g/mol. The highest BCUT2D eigenvalue weighted by atomic mass is 32.2. The fourth-order valence-electron chi connectivity index (χ4n) is 2.13. The molecule has 0 atom stereocenters. The van der Waals surface area contributed by atoms with Crippen molar-refractivity contribution in [2.75, 3.05) is 25.0 Å². The van der Waals surface area contributed by atoms with Crippen LogP contribution in [0, 0.1) is 0 Å². The van der Waals surface area contributed by atoms with E-state index in [9.17, 15) is 13.5 Å². The Balaban J connectivity index is 2.09. The Morgan fingerprint density at radius 1 is 1.33 bits per heavy atom. The Bertz CT molecular complexity index is 562. The molecular weight excluding hydrogens is 292 g/mol. The predicted molar refractivity (Wildman–Crippen MR) is 79.4 cm³/mol. The Morgan fingerprint density at radius 2 is 1.90 bits per heavy atom. The summed E-state index contributed by atoms with van der Waals surface area (Å²) in [5, 5.41) is 12.9. The molecule has 8 heteroatoms. The van der Waals surface area contributed by atoms with Gasteiger partial charge in [0.15, 0.2) is 0 Å². The molecule has 1 aromatic rings. The van der Waals surface area contributed by atoms with E-state index < -0.39 is 15.6 Å². The van der Waals surface area contributed by atoms with Gasteiger partial charge in [-0.2, -0.15) is 4.31 Å². The number of aliphatic hydroxyl groups is 1. The van der Waals surface area contributed by atoms with Gasteiger partial charge in [0.05, 0.1) is 18.0 Å². The first-order valence-electron chi connectivity index (χ1n) is 7.13. The van der Waals surface area contributed by atoms with E-state index in [1.807, 2.05) is 6.92 Å². The molecule has 0 unspecified atom stereocenters. The number of sulfonamides is 1. The van der Waals surface area contributed by atoms with E-state index in [1.54, 1.807) is 6.92 Å². The molecule has 2 N–H and O–H groups in total. The van der Waals surface area contributed by atoms with Crippen LogP contribution in [0.25, 0.3) is 0 Å². The van der Waals surface area contributed by atoms with Crippen molar-refractivity contribution in [3.05, 3.63) is 12.4 Å². The zero-order chi connectivity index (χ0) is 15.5. The van der Waals surface area contributed by atoms with Crippen LogP contribution in [0.4, 0.5) is 5.95 Å². The lowest BCUT2D eigenvalue weighted by Gasteiger charge is -2.34. The SMILES string of the molecule is CCCNc1ncc(S(=O)(=O)N2CCC(C)(O)CC2)cn1. The van der Waals surface area contributed by atoms with E-state index >= 15 is 0 Å². The smallest absolute Gasteiger partial charge is 0.246 e. The molecule has 2 rings (SSSR count). The summed E-state index contributed by atoms with van der Waals surface area (Å²) >= 11 is 0. The van der Waals surface area contributed by atoms with Gasteiger partial charge in [-0.25, -0.2) is 18.4 Å².